The largest absolute Gasteiger partial charge is 0.258 e. The lowest BCUT2D eigenvalue weighted by Crippen LogP contribution is -2.11. The van der Waals surface area contributed by atoms with E-state index in [1.807, 2.05) is 0 Å². The Hall–Kier alpha value is 0.537. The zero-order chi connectivity index (χ0) is 6.20. The minimum Gasteiger partial charge on any atom is -0.145 e. The molecule has 0 saturated heterocycles. The molecular formula is C5H8Cl2Si. The van der Waals surface area contributed by atoms with E-state index in [2.05, 4.69) is 13.0 Å². The van der Waals surface area contributed by atoms with Gasteiger partial charge in [-0.1, -0.05) is 11.6 Å². The van der Waals surface area contributed by atoms with Gasteiger partial charge >= 0.3 is 0 Å². The first-order valence-electron chi connectivity index (χ1n) is 2.64. The number of halogens is 2. The van der Waals surface area contributed by atoms with Gasteiger partial charge in [0.1, 0.15) is 0 Å². The number of rotatable bonds is 0. The first kappa shape index (κ1) is 6.65. The van der Waals surface area contributed by atoms with Crippen molar-refractivity contribution in [3.63, 3.8) is 0 Å². The van der Waals surface area contributed by atoms with Crippen molar-refractivity contribution in [2.45, 2.75) is 19.0 Å². The van der Waals surface area contributed by atoms with Gasteiger partial charge in [-0.05, 0) is 19.0 Å². The predicted octanol–water partition coefficient (Wildman–Crippen LogP) is 2.87. The van der Waals surface area contributed by atoms with E-state index in [1.54, 1.807) is 0 Å². The summed E-state index contributed by atoms with van der Waals surface area (Å²) in [6.45, 7) is 0.331. The SMILES string of the molecule is CC1=CC[Si](Cl)(Cl)C1. The molecule has 0 nitrogen and oxygen atoms in total. The Bertz CT molecular complexity index is 128. The molecule has 3 heteroatoms. The second-order valence-corrected chi connectivity index (χ2v) is 9.68. The maximum atomic E-state index is 5.91. The van der Waals surface area contributed by atoms with Gasteiger partial charge in [-0.2, -0.15) is 0 Å². The molecule has 0 aliphatic carbocycles. The van der Waals surface area contributed by atoms with Crippen molar-refractivity contribution < 1.29 is 0 Å². The van der Waals surface area contributed by atoms with E-state index in [0.717, 1.165) is 12.1 Å². The lowest BCUT2D eigenvalue weighted by molar-refractivity contribution is 1.40. The molecule has 0 unspecified atom stereocenters. The van der Waals surface area contributed by atoms with Crippen LogP contribution in [-0.2, 0) is 0 Å². The predicted molar refractivity (Wildman–Crippen MR) is 40.8 cm³/mol. The summed E-state index contributed by atoms with van der Waals surface area (Å²) in [5, 5.41) is 0. The molecule has 0 saturated carbocycles. The number of hydrogen-bond donors (Lipinski definition) is 0. The molecule has 0 bridgehead atoms. The van der Waals surface area contributed by atoms with Gasteiger partial charge in [0.15, 0.2) is 0 Å². The van der Waals surface area contributed by atoms with Crippen LogP contribution in [0.25, 0.3) is 0 Å². The highest BCUT2D eigenvalue weighted by Crippen LogP contribution is 2.35. The molecule has 1 rings (SSSR count). The van der Waals surface area contributed by atoms with E-state index in [0.29, 0.717) is 0 Å². The van der Waals surface area contributed by atoms with Crippen molar-refractivity contribution in [2.75, 3.05) is 0 Å². The molecular weight excluding hydrogens is 159 g/mol. The Balaban J connectivity index is 2.55. The van der Waals surface area contributed by atoms with E-state index in [9.17, 15) is 0 Å². The van der Waals surface area contributed by atoms with Gasteiger partial charge in [-0.3, -0.25) is 0 Å². The van der Waals surface area contributed by atoms with Crippen molar-refractivity contribution in [1.82, 2.24) is 0 Å². The van der Waals surface area contributed by atoms with Gasteiger partial charge in [0.2, 0.25) is 0 Å². The fraction of sp³-hybridized carbons (Fsp3) is 0.600. The van der Waals surface area contributed by atoms with E-state index >= 15 is 0 Å². The molecule has 1 heterocycles. The van der Waals surface area contributed by atoms with Crippen LogP contribution in [-0.4, -0.2) is 6.69 Å². The standard InChI is InChI=1S/C5H8Cl2Si/c1-5-2-3-8(6,7)4-5/h2H,3-4H2,1H3. The van der Waals surface area contributed by atoms with Gasteiger partial charge in [0.25, 0.3) is 6.69 Å². The molecule has 0 N–H and O–H groups in total. The average Bonchev–Trinajstić information content (AvgIpc) is 1.82. The summed E-state index contributed by atoms with van der Waals surface area (Å²) in [5.74, 6) is 0. The van der Waals surface area contributed by atoms with Crippen LogP contribution in [0.5, 0.6) is 0 Å². The van der Waals surface area contributed by atoms with Crippen LogP contribution in [0.15, 0.2) is 11.6 Å². The molecule has 1 aliphatic rings. The molecule has 0 aromatic carbocycles. The van der Waals surface area contributed by atoms with Crippen molar-refractivity contribution in [3.8, 4) is 0 Å². The van der Waals surface area contributed by atoms with Gasteiger partial charge in [0, 0.05) is 0 Å². The molecule has 0 aromatic rings. The summed E-state index contributed by atoms with van der Waals surface area (Å²) in [6.07, 6.45) is 2.15. The van der Waals surface area contributed by atoms with Crippen LogP contribution in [0.4, 0.5) is 0 Å². The van der Waals surface area contributed by atoms with Crippen LogP contribution >= 0.6 is 22.2 Å². The Morgan fingerprint density at radius 1 is 1.62 bits per heavy atom. The smallest absolute Gasteiger partial charge is 0.145 e. The Labute approximate surface area is 59.9 Å². The summed E-state index contributed by atoms with van der Waals surface area (Å²) in [4.78, 5) is 0. The summed E-state index contributed by atoms with van der Waals surface area (Å²) in [5.41, 5.74) is 1.36. The molecule has 46 valence electrons. The molecule has 0 fully saturated rings. The van der Waals surface area contributed by atoms with E-state index in [-0.39, 0.29) is 0 Å². The molecule has 8 heavy (non-hydrogen) atoms. The Morgan fingerprint density at radius 3 is 2.38 bits per heavy atom. The second kappa shape index (κ2) is 2.05. The highest BCUT2D eigenvalue weighted by atomic mass is 35.7. The average molecular weight is 167 g/mol. The van der Waals surface area contributed by atoms with Crippen molar-refractivity contribution >= 4 is 28.9 Å². The molecule has 0 radical (unpaired) electrons. The normalized spacial score (nSPS) is 25.6. The molecule has 0 atom stereocenters. The monoisotopic (exact) mass is 166 g/mol. The third kappa shape index (κ3) is 1.51. The van der Waals surface area contributed by atoms with Crippen molar-refractivity contribution in [2.24, 2.45) is 0 Å². The zero-order valence-electron chi connectivity index (χ0n) is 4.75. The van der Waals surface area contributed by atoms with Gasteiger partial charge in [-0.15, -0.1) is 22.2 Å². The third-order valence-electron chi connectivity index (χ3n) is 1.29. The topological polar surface area (TPSA) is 0 Å². The Kier molecular flexibility index (Phi) is 1.70. The van der Waals surface area contributed by atoms with Crippen LogP contribution in [0.3, 0.4) is 0 Å². The zero-order valence-corrected chi connectivity index (χ0v) is 7.26. The van der Waals surface area contributed by atoms with Crippen molar-refractivity contribution in [3.05, 3.63) is 11.6 Å². The first-order valence-corrected chi connectivity index (χ1v) is 7.07. The fourth-order valence-electron chi connectivity index (χ4n) is 0.876. The highest BCUT2D eigenvalue weighted by Gasteiger charge is 2.31. The third-order valence-corrected chi connectivity index (χ3v) is 4.89. The molecule has 0 amide bonds. The molecule has 0 spiro atoms. The van der Waals surface area contributed by atoms with E-state index in [1.165, 1.54) is 5.57 Å². The lowest BCUT2D eigenvalue weighted by Gasteiger charge is -2.04. The van der Waals surface area contributed by atoms with E-state index < -0.39 is 6.69 Å². The maximum Gasteiger partial charge on any atom is 0.258 e. The number of hydrogen-bond acceptors (Lipinski definition) is 0. The van der Waals surface area contributed by atoms with Crippen LogP contribution < -0.4 is 0 Å². The van der Waals surface area contributed by atoms with Crippen LogP contribution in [0.2, 0.25) is 12.1 Å². The summed E-state index contributed by atoms with van der Waals surface area (Å²) in [7, 11) is 0. The summed E-state index contributed by atoms with van der Waals surface area (Å²) < 4.78 is 0. The van der Waals surface area contributed by atoms with Crippen LogP contribution in [0.1, 0.15) is 6.92 Å². The molecule has 1 aliphatic heterocycles. The molecule has 0 aromatic heterocycles. The summed E-state index contributed by atoms with van der Waals surface area (Å²) >= 11 is 11.8. The first-order chi connectivity index (χ1) is 3.60. The second-order valence-electron chi connectivity index (χ2n) is 2.29. The minimum absolute atomic E-state index is 0.946. The van der Waals surface area contributed by atoms with Crippen molar-refractivity contribution in [1.29, 1.82) is 0 Å². The minimum atomic E-state index is -1.75. The van der Waals surface area contributed by atoms with Gasteiger partial charge in [-0.25, -0.2) is 0 Å². The maximum absolute atomic E-state index is 5.91. The number of allylic oxidation sites excluding steroid dienone is 2. The van der Waals surface area contributed by atoms with E-state index in [4.69, 9.17) is 22.2 Å². The van der Waals surface area contributed by atoms with Gasteiger partial charge in [0.05, 0.1) is 0 Å². The van der Waals surface area contributed by atoms with Gasteiger partial charge < -0.3 is 0 Å². The lowest BCUT2D eigenvalue weighted by atomic mass is 10.3. The fourth-order valence-corrected chi connectivity index (χ4v) is 4.36. The van der Waals surface area contributed by atoms with Crippen LogP contribution in [0, 0.1) is 0 Å². The Morgan fingerprint density at radius 2 is 2.25 bits per heavy atom. The summed E-state index contributed by atoms with van der Waals surface area (Å²) in [6, 6.07) is 1.91. The highest BCUT2D eigenvalue weighted by molar-refractivity contribution is 7.46. The quantitative estimate of drug-likeness (QED) is 0.295.